The van der Waals surface area contributed by atoms with Crippen LogP contribution < -0.4 is 0 Å². The summed E-state index contributed by atoms with van der Waals surface area (Å²) in [6, 6.07) is 4.31. The van der Waals surface area contributed by atoms with Crippen molar-refractivity contribution in [3.05, 3.63) is 35.1 Å². The highest BCUT2D eigenvalue weighted by molar-refractivity contribution is 5.94. The van der Waals surface area contributed by atoms with E-state index in [1.54, 1.807) is 11.0 Å². The molecule has 1 aliphatic rings. The number of aliphatic hydroxyl groups excluding tert-OH is 1. The van der Waals surface area contributed by atoms with Gasteiger partial charge < -0.3 is 10.0 Å². The summed E-state index contributed by atoms with van der Waals surface area (Å²) < 4.78 is 14.0. The van der Waals surface area contributed by atoms with Crippen molar-refractivity contribution < 1.29 is 14.3 Å². The Kier molecular flexibility index (Phi) is 4.75. The maximum atomic E-state index is 14.0. The third kappa shape index (κ3) is 3.17. The second-order valence-corrected chi connectivity index (χ2v) is 4.97. The fourth-order valence-electron chi connectivity index (χ4n) is 2.43. The second-order valence-electron chi connectivity index (χ2n) is 4.97. The lowest BCUT2D eigenvalue weighted by Crippen LogP contribution is -2.29. The standard InChI is InChI=1S/C16H18FNO2/c1-2-12-7-8-18(11-12)16(20)14-6-5-13(4-3-9-19)10-15(14)17/h5-6,10,12,19H,2,7-9,11H2,1H3. The van der Waals surface area contributed by atoms with Gasteiger partial charge in [-0.25, -0.2) is 4.39 Å². The molecule has 1 fully saturated rings. The van der Waals surface area contributed by atoms with Gasteiger partial charge in [-0.1, -0.05) is 25.2 Å². The first-order valence-electron chi connectivity index (χ1n) is 6.84. The van der Waals surface area contributed by atoms with Crippen LogP contribution in [0.1, 0.15) is 35.7 Å². The van der Waals surface area contributed by atoms with Gasteiger partial charge >= 0.3 is 0 Å². The Balaban J connectivity index is 2.15. The molecule has 1 aromatic carbocycles. The molecule has 106 valence electrons. The number of halogens is 1. The number of aliphatic hydroxyl groups is 1. The zero-order chi connectivity index (χ0) is 14.5. The van der Waals surface area contributed by atoms with Gasteiger partial charge in [0, 0.05) is 18.7 Å². The highest BCUT2D eigenvalue weighted by Crippen LogP contribution is 2.22. The number of likely N-dealkylation sites (tertiary alicyclic amines) is 1. The monoisotopic (exact) mass is 275 g/mol. The van der Waals surface area contributed by atoms with E-state index in [0.29, 0.717) is 24.6 Å². The summed E-state index contributed by atoms with van der Waals surface area (Å²) in [5.74, 6) is 4.79. The van der Waals surface area contributed by atoms with E-state index < -0.39 is 5.82 Å². The molecule has 0 radical (unpaired) electrons. The van der Waals surface area contributed by atoms with Gasteiger partial charge in [-0.2, -0.15) is 0 Å². The Morgan fingerprint density at radius 2 is 2.35 bits per heavy atom. The van der Waals surface area contributed by atoms with Gasteiger partial charge in [0.1, 0.15) is 12.4 Å². The minimum atomic E-state index is -0.556. The maximum Gasteiger partial charge on any atom is 0.256 e. The molecule has 1 aliphatic heterocycles. The SMILES string of the molecule is CCC1CCN(C(=O)c2ccc(C#CCO)cc2F)C1. The van der Waals surface area contributed by atoms with Crippen molar-refractivity contribution in [1.82, 2.24) is 4.90 Å². The zero-order valence-corrected chi connectivity index (χ0v) is 11.5. The molecule has 1 atom stereocenters. The lowest BCUT2D eigenvalue weighted by Gasteiger charge is -2.16. The molecule has 0 aliphatic carbocycles. The topological polar surface area (TPSA) is 40.5 Å². The molecule has 2 rings (SSSR count). The second kappa shape index (κ2) is 6.53. The lowest BCUT2D eigenvalue weighted by atomic mass is 10.1. The van der Waals surface area contributed by atoms with Crippen LogP contribution in [0.3, 0.4) is 0 Å². The fourth-order valence-corrected chi connectivity index (χ4v) is 2.43. The first-order chi connectivity index (χ1) is 9.65. The van der Waals surface area contributed by atoms with Crippen LogP contribution in [0.5, 0.6) is 0 Å². The molecule has 1 amide bonds. The van der Waals surface area contributed by atoms with E-state index >= 15 is 0 Å². The van der Waals surface area contributed by atoms with Gasteiger partial charge in [-0.15, -0.1) is 0 Å². The predicted octanol–water partition coefficient (Wildman–Crippen LogP) is 2.04. The Labute approximate surface area is 118 Å². The average Bonchev–Trinajstić information content (AvgIpc) is 2.93. The quantitative estimate of drug-likeness (QED) is 0.839. The first kappa shape index (κ1) is 14.5. The number of carbonyl (C=O) groups excluding carboxylic acids is 1. The lowest BCUT2D eigenvalue weighted by molar-refractivity contribution is 0.0782. The number of rotatable bonds is 2. The molecule has 20 heavy (non-hydrogen) atoms. The molecule has 1 N–H and O–H groups in total. The van der Waals surface area contributed by atoms with Gasteiger partial charge in [-0.05, 0) is 30.5 Å². The highest BCUT2D eigenvalue weighted by Gasteiger charge is 2.27. The summed E-state index contributed by atoms with van der Waals surface area (Å²) in [5.41, 5.74) is 0.553. The molecule has 0 bridgehead atoms. The molecular weight excluding hydrogens is 257 g/mol. The zero-order valence-electron chi connectivity index (χ0n) is 11.5. The number of carbonyl (C=O) groups is 1. The summed E-state index contributed by atoms with van der Waals surface area (Å²) >= 11 is 0. The number of hydrogen-bond donors (Lipinski definition) is 1. The van der Waals surface area contributed by atoms with Gasteiger partial charge in [0.05, 0.1) is 5.56 Å². The van der Waals surface area contributed by atoms with Gasteiger partial charge in [0.15, 0.2) is 0 Å². The molecule has 0 aromatic heterocycles. The van der Waals surface area contributed by atoms with Crippen LogP contribution in [0.25, 0.3) is 0 Å². The van der Waals surface area contributed by atoms with Crippen molar-refractivity contribution in [3.63, 3.8) is 0 Å². The molecule has 0 saturated carbocycles. The minimum absolute atomic E-state index is 0.0938. The molecule has 0 spiro atoms. The van der Waals surface area contributed by atoms with Crippen molar-refractivity contribution in [2.75, 3.05) is 19.7 Å². The molecule has 1 saturated heterocycles. The van der Waals surface area contributed by atoms with Crippen LogP contribution in [-0.4, -0.2) is 35.6 Å². The number of benzene rings is 1. The van der Waals surface area contributed by atoms with Gasteiger partial charge in [-0.3, -0.25) is 4.79 Å². The van der Waals surface area contributed by atoms with Crippen LogP contribution in [-0.2, 0) is 0 Å². The molecule has 1 unspecified atom stereocenters. The van der Waals surface area contributed by atoms with Gasteiger partial charge in [0.25, 0.3) is 5.91 Å². The van der Waals surface area contributed by atoms with Crippen LogP contribution in [0.2, 0.25) is 0 Å². The summed E-state index contributed by atoms with van der Waals surface area (Å²) in [6.07, 6.45) is 2.03. The average molecular weight is 275 g/mol. The normalized spacial score (nSPS) is 17.8. The minimum Gasteiger partial charge on any atom is -0.384 e. The Bertz CT molecular complexity index is 559. The van der Waals surface area contributed by atoms with Crippen LogP contribution in [0.4, 0.5) is 4.39 Å². The van der Waals surface area contributed by atoms with E-state index in [0.717, 1.165) is 12.8 Å². The summed E-state index contributed by atoms with van der Waals surface area (Å²) in [4.78, 5) is 14.0. The van der Waals surface area contributed by atoms with E-state index in [9.17, 15) is 9.18 Å². The Morgan fingerprint density at radius 3 is 2.95 bits per heavy atom. The van der Waals surface area contributed by atoms with Crippen molar-refractivity contribution >= 4 is 5.91 Å². The Hall–Kier alpha value is -1.86. The smallest absolute Gasteiger partial charge is 0.256 e. The Morgan fingerprint density at radius 1 is 1.55 bits per heavy atom. The third-order valence-corrected chi connectivity index (χ3v) is 3.66. The third-order valence-electron chi connectivity index (χ3n) is 3.66. The van der Waals surface area contributed by atoms with E-state index in [1.807, 2.05) is 0 Å². The van der Waals surface area contributed by atoms with Crippen molar-refractivity contribution in [1.29, 1.82) is 0 Å². The van der Waals surface area contributed by atoms with E-state index in [1.165, 1.54) is 12.1 Å². The van der Waals surface area contributed by atoms with Crippen molar-refractivity contribution in [2.24, 2.45) is 5.92 Å². The number of hydrogen-bond acceptors (Lipinski definition) is 2. The first-order valence-corrected chi connectivity index (χ1v) is 6.84. The predicted molar refractivity (Wildman–Crippen MR) is 74.7 cm³/mol. The molecule has 1 aromatic rings. The van der Waals surface area contributed by atoms with E-state index in [4.69, 9.17) is 5.11 Å². The summed E-state index contributed by atoms with van der Waals surface area (Å²) in [6.45, 7) is 3.24. The van der Waals surface area contributed by atoms with Crippen LogP contribution >= 0.6 is 0 Å². The number of amides is 1. The summed E-state index contributed by atoms with van der Waals surface area (Å²) in [7, 11) is 0. The van der Waals surface area contributed by atoms with Crippen LogP contribution in [0.15, 0.2) is 18.2 Å². The van der Waals surface area contributed by atoms with Crippen molar-refractivity contribution in [2.45, 2.75) is 19.8 Å². The maximum absolute atomic E-state index is 14.0. The molecule has 3 nitrogen and oxygen atoms in total. The van der Waals surface area contributed by atoms with Gasteiger partial charge in [0.2, 0.25) is 0 Å². The molecular formula is C16H18FNO2. The highest BCUT2D eigenvalue weighted by atomic mass is 19.1. The number of nitrogens with zero attached hydrogens (tertiary/aromatic N) is 1. The molecule has 4 heteroatoms. The van der Waals surface area contributed by atoms with Crippen molar-refractivity contribution in [3.8, 4) is 11.8 Å². The molecule has 1 heterocycles. The summed E-state index contributed by atoms with van der Waals surface area (Å²) in [5, 5.41) is 8.60. The fraction of sp³-hybridized carbons (Fsp3) is 0.438. The van der Waals surface area contributed by atoms with E-state index in [-0.39, 0.29) is 18.1 Å². The van der Waals surface area contributed by atoms with E-state index in [2.05, 4.69) is 18.8 Å². The van der Waals surface area contributed by atoms with Crippen LogP contribution in [0, 0.1) is 23.6 Å². The largest absolute Gasteiger partial charge is 0.384 e.